The first-order valence-electron chi connectivity index (χ1n) is 12.6. The highest BCUT2D eigenvalue weighted by atomic mass is 19.1. The number of hydrogen-bond donors (Lipinski definition) is 1. The van der Waals surface area contributed by atoms with E-state index in [0.29, 0.717) is 26.0 Å². The molecule has 1 aliphatic carbocycles. The van der Waals surface area contributed by atoms with Crippen LogP contribution in [0.4, 0.5) is 8.78 Å². The van der Waals surface area contributed by atoms with Crippen molar-refractivity contribution in [1.29, 1.82) is 0 Å². The van der Waals surface area contributed by atoms with E-state index in [2.05, 4.69) is 5.32 Å². The van der Waals surface area contributed by atoms with Gasteiger partial charge in [0, 0.05) is 50.0 Å². The van der Waals surface area contributed by atoms with Crippen molar-refractivity contribution in [3.05, 3.63) is 63.1 Å². The van der Waals surface area contributed by atoms with Gasteiger partial charge in [0.25, 0.3) is 11.8 Å². The Kier molecular flexibility index (Phi) is 7.68. The third kappa shape index (κ3) is 4.99. The molecule has 2 aromatic rings. The minimum atomic E-state index is -0.801. The molecule has 2 aliphatic rings. The lowest BCUT2D eigenvalue weighted by Crippen LogP contribution is -2.52. The van der Waals surface area contributed by atoms with Crippen LogP contribution in [0.25, 0.3) is 0 Å². The fourth-order valence-electron chi connectivity index (χ4n) is 4.96. The van der Waals surface area contributed by atoms with E-state index in [1.54, 1.807) is 16.6 Å². The highest BCUT2D eigenvalue weighted by molar-refractivity contribution is 5.99. The number of aromatic nitrogens is 1. The number of pyridine rings is 1. The Morgan fingerprint density at radius 1 is 1.27 bits per heavy atom. The first kappa shape index (κ1) is 26.8. The molecule has 1 aliphatic heterocycles. The molecular weight excluding hydrogens is 484 g/mol. The average Bonchev–Trinajstić information content (AvgIpc) is 3.54. The van der Waals surface area contributed by atoms with E-state index in [0.717, 1.165) is 18.6 Å². The molecule has 200 valence electrons. The molecule has 1 spiro atoms. The zero-order chi connectivity index (χ0) is 26.9. The number of rotatable bonds is 10. The van der Waals surface area contributed by atoms with E-state index in [4.69, 9.17) is 9.47 Å². The number of hydrogen-bond acceptors (Lipinski definition) is 5. The van der Waals surface area contributed by atoms with E-state index in [9.17, 15) is 23.2 Å². The van der Waals surface area contributed by atoms with Gasteiger partial charge in [-0.2, -0.15) is 0 Å². The summed E-state index contributed by atoms with van der Waals surface area (Å²) in [6.07, 6.45) is 3.62. The second-order valence-corrected chi connectivity index (χ2v) is 10.0. The van der Waals surface area contributed by atoms with E-state index >= 15 is 0 Å². The maximum Gasteiger partial charge on any atom is 0.274 e. The summed E-state index contributed by atoms with van der Waals surface area (Å²) in [5, 5.41) is 2.55. The minimum Gasteiger partial charge on any atom is -0.487 e. The molecular formula is C27H33F2N3O5. The molecule has 2 heterocycles. The molecule has 1 saturated carbocycles. The van der Waals surface area contributed by atoms with Gasteiger partial charge in [-0.3, -0.25) is 14.4 Å². The van der Waals surface area contributed by atoms with E-state index in [1.807, 2.05) is 20.8 Å². The van der Waals surface area contributed by atoms with Gasteiger partial charge < -0.3 is 24.3 Å². The van der Waals surface area contributed by atoms with Crippen LogP contribution >= 0.6 is 0 Å². The lowest BCUT2D eigenvalue weighted by atomic mass is 10.0. The van der Waals surface area contributed by atoms with Crippen LogP contribution in [0.3, 0.4) is 0 Å². The molecule has 10 heteroatoms. The normalized spacial score (nSPS) is 20.4. The predicted octanol–water partition coefficient (Wildman–Crippen LogP) is 3.46. The van der Waals surface area contributed by atoms with Gasteiger partial charge in [0.1, 0.15) is 17.2 Å². The van der Waals surface area contributed by atoms with Crippen molar-refractivity contribution >= 4 is 11.8 Å². The lowest BCUT2D eigenvalue weighted by Gasteiger charge is -2.40. The van der Waals surface area contributed by atoms with Crippen LogP contribution in [0, 0.1) is 17.6 Å². The van der Waals surface area contributed by atoms with Crippen molar-refractivity contribution in [3.8, 4) is 5.75 Å². The van der Waals surface area contributed by atoms with Crippen LogP contribution < -0.4 is 15.5 Å². The third-order valence-electron chi connectivity index (χ3n) is 7.19. The Morgan fingerprint density at radius 3 is 2.68 bits per heavy atom. The summed E-state index contributed by atoms with van der Waals surface area (Å²) >= 11 is 0. The standard InChI is InChI=1S/C27H33F2N3O5/c1-5-6-9-37-24-22-26(35)31(16(2)3)15-27(11-18(27)14-36-4)32(22)13-20(23(24)33)25(34)30-12-17-7-8-19(28)10-21(17)29/h7-8,10,13,16,18H,5-6,9,11-12,14-15H2,1-4H3,(H,30,34)/t18-,27-/m0/s1. The van der Waals surface area contributed by atoms with Crippen LogP contribution in [0.1, 0.15) is 66.4 Å². The molecule has 37 heavy (non-hydrogen) atoms. The lowest BCUT2D eigenvalue weighted by molar-refractivity contribution is 0.0540. The molecule has 1 aromatic heterocycles. The molecule has 2 amide bonds. The molecule has 1 aromatic carbocycles. The number of methoxy groups -OCH3 is 1. The van der Waals surface area contributed by atoms with Crippen molar-refractivity contribution in [3.63, 3.8) is 0 Å². The fourth-order valence-corrected chi connectivity index (χ4v) is 4.96. The quantitative estimate of drug-likeness (QED) is 0.488. The zero-order valence-electron chi connectivity index (χ0n) is 21.6. The molecule has 8 nitrogen and oxygen atoms in total. The highest BCUT2D eigenvalue weighted by Crippen LogP contribution is 2.54. The predicted molar refractivity (Wildman–Crippen MR) is 133 cm³/mol. The van der Waals surface area contributed by atoms with Gasteiger partial charge in [0.15, 0.2) is 11.4 Å². The largest absolute Gasteiger partial charge is 0.487 e. The number of carbonyl (C=O) groups is 2. The molecule has 4 rings (SSSR count). The third-order valence-corrected chi connectivity index (χ3v) is 7.19. The van der Waals surface area contributed by atoms with E-state index < -0.39 is 28.5 Å². The smallest absolute Gasteiger partial charge is 0.274 e. The summed E-state index contributed by atoms with van der Waals surface area (Å²) in [6.45, 7) is 6.67. The number of unbranched alkanes of at least 4 members (excludes halogenated alkanes) is 1. The summed E-state index contributed by atoms with van der Waals surface area (Å²) in [5.74, 6) is -2.65. The summed E-state index contributed by atoms with van der Waals surface area (Å²) in [5.41, 5.74) is -1.21. The summed E-state index contributed by atoms with van der Waals surface area (Å²) in [6, 6.07) is 2.96. The van der Waals surface area contributed by atoms with Gasteiger partial charge in [-0.25, -0.2) is 8.78 Å². The number of fused-ring (bicyclic) bond motifs is 2. The van der Waals surface area contributed by atoms with E-state index in [-0.39, 0.29) is 53.6 Å². The Morgan fingerprint density at radius 2 is 2.03 bits per heavy atom. The van der Waals surface area contributed by atoms with Crippen molar-refractivity contribution in [2.45, 2.75) is 58.2 Å². The van der Waals surface area contributed by atoms with E-state index in [1.165, 1.54) is 12.3 Å². The minimum absolute atomic E-state index is 0.0776. The first-order valence-corrected chi connectivity index (χ1v) is 12.6. The Bertz CT molecular complexity index is 1260. The van der Waals surface area contributed by atoms with Crippen LogP contribution in [0.15, 0.2) is 29.2 Å². The van der Waals surface area contributed by atoms with Crippen LogP contribution in [-0.4, -0.2) is 54.2 Å². The highest BCUT2D eigenvalue weighted by Gasteiger charge is 2.61. The van der Waals surface area contributed by atoms with Crippen molar-refractivity contribution < 1.29 is 27.8 Å². The first-order chi connectivity index (χ1) is 17.6. The summed E-state index contributed by atoms with van der Waals surface area (Å²) in [7, 11) is 1.61. The number of nitrogens with one attached hydrogen (secondary N) is 1. The number of carbonyl (C=O) groups excluding carboxylic acids is 2. The topological polar surface area (TPSA) is 89.9 Å². The molecule has 0 bridgehead atoms. The van der Waals surface area contributed by atoms with Crippen LogP contribution in [0.2, 0.25) is 0 Å². The number of amides is 2. The van der Waals surface area contributed by atoms with Crippen molar-refractivity contribution in [2.75, 3.05) is 26.9 Å². The maximum absolute atomic E-state index is 14.1. The van der Waals surface area contributed by atoms with Gasteiger partial charge in [-0.1, -0.05) is 19.4 Å². The van der Waals surface area contributed by atoms with Crippen molar-refractivity contribution in [2.24, 2.45) is 5.92 Å². The summed E-state index contributed by atoms with van der Waals surface area (Å²) < 4.78 is 40.3. The SMILES string of the molecule is CCCCOc1c2n(cc(C(=O)NCc3ccc(F)cc3F)c1=O)[C@@]1(C[C@H]1COC)CN(C(C)C)C2=O. The number of halogens is 2. The van der Waals surface area contributed by atoms with Gasteiger partial charge in [0.05, 0.1) is 18.8 Å². The van der Waals surface area contributed by atoms with Crippen LogP contribution in [0.5, 0.6) is 5.75 Å². The Labute approximate surface area is 214 Å². The second kappa shape index (κ2) is 10.6. The van der Waals surface area contributed by atoms with Crippen molar-refractivity contribution in [1.82, 2.24) is 14.8 Å². The number of nitrogens with zero attached hydrogens (tertiary/aromatic N) is 2. The number of ether oxygens (including phenoxy) is 2. The van der Waals surface area contributed by atoms with Gasteiger partial charge in [0.2, 0.25) is 5.43 Å². The van der Waals surface area contributed by atoms with Gasteiger partial charge >= 0.3 is 0 Å². The zero-order valence-corrected chi connectivity index (χ0v) is 21.6. The molecule has 1 fully saturated rings. The number of benzene rings is 1. The average molecular weight is 518 g/mol. The molecule has 0 radical (unpaired) electrons. The molecule has 2 atom stereocenters. The second-order valence-electron chi connectivity index (χ2n) is 10.0. The molecule has 0 unspecified atom stereocenters. The fraction of sp³-hybridized carbons (Fsp3) is 0.519. The summed E-state index contributed by atoms with van der Waals surface area (Å²) in [4.78, 5) is 42.0. The van der Waals surface area contributed by atoms with Gasteiger partial charge in [-0.15, -0.1) is 0 Å². The maximum atomic E-state index is 14.1. The molecule has 1 N–H and O–H groups in total. The van der Waals surface area contributed by atoms with Gasteiger partial charge in [-0.05, 0) is 32.8 Å². The Hall–Kier alpha value is -3.27. The molecule has 0 saturated heterocycles. The Balaban J connectivity index is 1.78. The monoisotopic (exact) mass is 517 g/mol. The van der Waals surface area contributed by atoms with Crippen LogP contribution in [-0.2, 0) is 16.8 Å².